The normalized spacial score (nSPS) is 33.1. The first-order chi connectivity index (χ1) is 10.2. The second-order valence-electron chi connectivity index (χ2n) is 6.70. The second kappa shape index (κ2) is 6.34. The van der Waals surface area contributed by atoms with Crippen molar-refractivity contribution in [3.8, 4) is 0 Å². The van der Waals surface area contributed by atoms with Crippen molar-refractivity contribution in [2.24, 2.45) is 5.92 Å². The van der Waals surface area contributed by atoms with Gasteiger partial charge in [0.2, 0.25) is 11.8 Å². The molecule has 1 N–H and O–H groups in total. The monoisotopic (exact) mass is 294 g/mol. The van der Waals surface area contributed by atoms with Gasteiger partial charge in [-0.15, -0.1) is 0 Å². The molecule has 118 valence electrons. The van der Waals surface area contributed by atoms with Crippen LogP contribution in [0.25, 0.3) is 0 Å². The summed E-state index contributed by atoms with van der Waals surface area (Å²) in [6, 6.07) is -0.312. The average molecular weight is 294 g/mol. The van der Waals surface area contributed by atoms with Crippen molar-refractivity contribution in [1.82, 2.24) is 10.2 Å². The lowest BCUT2D eigenvalue weighted by atomic mass is 9.82. The Morgan fingerprint density at radius 1 is 1.14 bits per heavy atom. The van der Waals surface area contributed by atoms with E-state index in [4.69, 9.17) is 4.74 Å². The Morgan fingerprint density at radius 2 is 1.90 bits per heavy atom. The number of ether oxygens (including phenoxy) is 1. The van der Waals surface area contributed by atoms with Crippen LogP contribution in [0.4, 0.5) is 0 Å². The Balaban J connectivity index is 1.71. The zero-order valence-electron chi connectivity index (χ0n) is 12.8. The molecule has 0 spiro atoms. The molecule has 1 saturated carbocycles. The molecule has 0 aromatic heterocycles. The fourth-order valence-electron chi connectivity index (χ4n) is 4.01. The van der Waals surface area contributed by atoms with Crippen molar-refractivity contribution in [2.75, 3.05) is 13.2 Å². The minimum absolute atomic E-state index is 0.00265. The predicted molar refractivity (Wildman–Crippen MR) is 78.7 cm³/mol. The molecule has 2 heterocycles. The van der Waals surface area contributed by atoms with Gasteiger partial charge in [0.15, 0.2) is 0 Å². The maximum atomic E-state index is 12.8. The Morgan fingerprint density at radius 3 is 2.57 bits per heavy atom. The molecule has 0 bridgehead atoms. The highest BCUT2D eigenvalue weighted by Crippen LogP contribution is 2.30. The maximum Gasteiger partial charge on any atom is 0.246 e. The van der Waals surface area contributed by atoms with Crippen LogP contribution in [0.3, 0.4) is 0 Å². The Hall–Kier alpha value is -1.10. The number of hydrogen-bond donors (Lipinski definition) is 1. The van der Waals surface area contributed by atoms with Gasteiger partial charge in [0, 0.05) is 6.61 Å². The van der Waals surface area contributed by atoms with E-state index in [1.54, 1.807) is 4.90 Å². The number of piperazine rings is 1. The van der Waals surface area contributed by atoms with Crippen LogP contribution in [0.2, 0.25) is 0 Å². The first-order valence-electron chi connectivity index (χ1n) is 8.38. The van der Waals surface area contributed by atoms with Gasteiger partial charge in [0.25, 0.3) is 0 Å². The van der Waals surface area contributed by atoms with Crippen LogP contribution in [0, 0.1) is 5.92 Å². The quantitative estimate of drug-likeness (QED) is 0.857. The van der Waals surface area contributed by atoms with E-state index in [1.807, 2.05) is 6.92 Å². The van der Waals surface area contributed by atoms with Gasteiger partial charge in [-0.25, -0.2) is 0 Å². The van der Waals surface area contributed by atoms with Crippen LogP contribution in [0.15, 0.2) is 0 Å². The van der Waals surface area contributed by atoms with E-state index in [9.17, 15) is 9.59 Å². The smallest absolute Gasteiger partial charge is 0.246 e. The summed E-state index contributed by atoms with van der Waals surface area (Å²) < 4.78 is 5.71. The summed E-state index contributed by atoms with van der Waals surface area (Å²) in [5, 5.41) is 2.94. The topological polar surface area (TPSA) is 58.6 Å². The van der Waals surface area contributed by atoms with Crippen LogP contribution in [-0.2, 0) is 14.3 Å². The molecular weight excluding hydrogens is 268 g/mol. The van der Waals surface area contributed by atoms with Gasteiger partial charge < -0.3 is 15.0 Å². The van der Waals surface area contributed by atoms with Crippen LogP contribution in [0.5, 0.6) is 0 Å². The molecular formula is C16H26N2O3. The molecule has 3 rings (SSSR count). The van der Waals surface area contributed by atoms with Gasteiger partial charge in [-0.05, 0) is 38.5 Å². The Labute approximate surface area is 126 Å². The number of hydrogen-bond acceptors (Lipinski definition) is 3. The average Bonchev–Trinajstić information content (AvgIpc) is 3.04. The van der Waals surface area contributed by atoms with Gasteiger partial charge in [0.1, 0.15) is 6.04 Å². The first-order valence-corrected chi connectivity index (χ1v) is 8.38. The van der Waals surface area contributed by atoms with E-state index in [2.05, 4.69) is 5.32 Å². The van der Waals surface area contributed by atoms with Gasteiger partial charge in [-0.1, -0.05) is 19.3 Å². The van der Waals surface area contributed by atoms with Crippen molar-refractivity contribution < 1.29 is 14.3 Å². The summed E-state index contributed by atoms with van der Waals surface area (Å²) in [5.74, 6) is 0.397. The zero-order chi connectivity index (χ0) is 14.8. The number of carbonyl (C=O) groups is 2. The second-order valence-corrected chi connectivity index (χ2v) is 6.70. The maximum absolute atomic E-state index is 12.8. The lowest BCUT2D eigenvalue weighted by molar-refractivity contribution is -0.150. The summed E-state index contributed by atoms with van der Waals surface area (Å²) in [6.45, 7) is 2.97. The molecule has 3 fully saturated rings. The third kappa shape index (κ3) is 3.07. The Bertz CT molecular complexity index is 400. The molecule has 2 amide bonds. The summed E-state index contributed by atoms with van der Waals surface area (Å²) >= 11 is 0. The first kappa shape index (κ1) is 14.8. The molecule has 3 atom stereocenters. The number of carbonyl (C=O) groups excluding carboxylic acids is 2. The van der Waals surface area contributed by atoms with E-state index >= 15 is 0 Å². The molecule has 2 aliphatic heterocycles. The standard InChI is InChI=1S/C16H26N2O3/c1-11(13-8-5-9-21-13)18-10-14(19)17-15(16(18)20)12-6-3-2-4-7-12/h11-13,15H,2-10H2,1H3,(H,17,19). The van der Waals surface area contributed by atoms with Crippen molar-refractivity contribution in [3.63, 3.8) is 0 Å². The van der Waals surface area contributed by atoms with Crippen LogP contribution >= 0.6 is 0 Å². The molecule has 0 aromatic carbocycles. The third-order valence-corrected chi connectivity index (χ3v) is 5.30. The van der Waals surface area contributed by atoms with Crippen molar-refractivity contribution in [1.29, 1.82) is 0 Å². The molecule has 5 nitrogen and oxygen atoms in total. The molecule has 1 aliphatic carbocycles. The molecule has 3 aliphatic rings. The predicted octanol–water partition coefficient (Wildman–Crippen LogP) is 1.46. The van der Waals surface area contributed by atoms with Gasteiger partial charge in [-0.3, -0.25) is 9.59 Å². The van der Waals surface area contributed by atoms with E-state index < -0.39 is 0 Å². The number of rotatable bonds is 3. The van der Waals surface area contributed by atoms with E-state index in [-0.39, 0.29) is 36.5 Å². The number of nitrogens with one attached hydrogen (secondary N) is 1. The largest absolute Gasteiger partial charge is 0.376 e. The van der Waals surface area contributed by atoms with E-state index in [0.29, 0.717) is 5.92 Å². The van der Waals surface area contributed by atoms with Crippen molar-refractivity contribution in [3.05, 3.63) is 0 Å². The highest BCUT2D eigenvalue weighted by atomic mass is 16.5. The summed E-state index contributed by atoms with van der Waals surface area (Å²) in [6.07, 6.45) is 7.83. The van der Waals surface area contributed by atoms with Crippen molar-refractivity contribution in [2.45, 2.75) is 70.1 Å². The third-order valence-electron chi connectivity index (χ3n) is 5.30. The fourth-order valence-corrected chi connectivity index (χ4v) is 4.01. The molecule has 5 heteroatoms. The molecule has 0 radical (unpaired) electrons. The van der Waals surface area contributed by atoms with E-state index in [0.717, 1.165) is 32.3 Å². The van der Waals surface area contributed by atoms with Crippen molar-refractivity contribution >= 4 is 11.8 Å². The zero-order valence-corrected chi connectivity index (χ0v) is 12.8. The minimum Gasteiger partial charge on any atom is -0.376 e. The molecule has 3 unspecified atom stereocenters. The number of nitrogens with zero attached hydrogens (tertiary/aromatic N) is 1. The van der Waals surface area contributed by atoms with Crippen LogP contribution in [0.1, 0.15) is 51.9 Å². The molecule has 21 heavy (non-hydrogen) atoms. The summed E-state index contributed by atoms with van der Waals surface area (Å²) in [4.78, 5) is 26.6. The van der Waals surface area contributed by atoms with Gasteiger partial charge in [0.05, 0.1) is 18.7 Å². The minimum atomic E-state index is -0.310. The van der Waals surface area contributed by atoms with Gasteiger partial charge in [-0.2, -0.15) is 0 Å². The lowest BCUT2D eigenvalue weighted by Crippen LogP contribution is -2.64. The summed E-state index contributed by atoms with van der Waals surface area (Å²) in [5.41, 5.74) is 0. The van der Waals surface area contributed by atoms with Crippen LogP contribution < -0.4 is 5.32 Å². The lowest BCUT2D eigenvalue weighted by Gasteiger charge is -2.41. The SMILES string of the molecule is CC(C1CCCO1)N1CC(=O)NC(C2CCCCC2)C1=O. The van der Waals surface area contributed by atoms with Gasteiger partial charge >= 0.3 is 0 Å². The fraction of sp³-hybridized carbons (Fsp3) is 0.875. The Kier molecular flexibility index (Phi) is 4.48. The summed E-state index contributed by atoms with van der Waals surface area (Å²) in [7, 11) is 0. The highest BCUT2D eigenvalue weighted by molar-refractivity contribution is 5.95. The number of amides is 2. The highest BCUT2D eigenvalue weighted by Gasteiger charge is 2.41. The molecule has 2 saturated heterocycles. The van der Waals surface area contributed by atoms with E-state index in [1.165, 1.54) is 19.3 Å². The molecule has 0 aromatic rings. The van der Waals surface area contributed by atoms with Crippen LogP contribution in [-0.4, -0.2) is 48.1 Å².